The molecule has 0 spiro atoms. The number of hydrogen-bond donors (Lipinski definition) is 2. The summed E-state index contributed by atoms with van der Waals surface area (Å²) in [6.45, 7) is 0. The lowest BCUT2D eigenvalue weighted by atomic mass is 10.1. The Morgan fingerprint density at radius 1 is 1.00 bits per heavy atom. The van der Waals surface area contributed by atoms with E-state index in [4.69, 9.17) is 0 Å². The number of H-pyrrole nitrogens is 1. The summed E-state index contributed by atoms with van der Waals surface area (Å²) < 4.78 is 1.04. The van der Waals surface area contributed by atoms with Crippen LogP contribution in [0.5, 0.6) is 5.88 Å². The molecule has 2 aromatic carbocycles. The lowest BCUT2D eigenvalue weighted by Gasteiger charge is -2.02. The van der Waals surface area contributed by atoms with Gasteiger partial charge in [0.15, 0.2) is 5.88 Å². The first-order valence-electron chi connectivity index (χ1n) is 8.87. The van der Waals surface area contributed by atoms with Crippen molar-refractivity contribution < 1.29 is 5.11 Å². The highest BCUT2D eigenvalue weighted by molar-refractivity contribution is 7.17. The van der Waals surface area contributed by atoms with Crippen molar-refractivity contribution in [1.82, 2.24) is 15.0 Å². The van der Waals surface area contributed by atoms with Crippen LogP contribution in [-0.2, 0) is 6.42 Å². The Hall–Kier alpha value is -3.51. The molecule has 0 saturated carbocycles. The molecule has 0 aliphatic carbocycles. The average molecular weight is 384 g/mol. The number of nitrogens with zero attached hydrogens (tertiary/aromatic N) is 3. The Morgan fingerprint density at radius 2 is 1.79 bits per heavy atom. The standard InChI is InChI=1S/C22H16N4OS/c27-22-17(20-18(26-22)5-6-19-21(20)28-13-25-19)12-24-16-3-1-14(2-4-16)11-15-7-9-23-10-8-15/h1-10,12-13,26-27H,11H2. The molecule has 0 amide bonds. The van der Waals surface area contributed by atoms with Crippen LogP contribution in [0.1, 0.15) is 16.7 Å². The predicted octanol–water partition coefficient (Wildman–Crippen LogP) is 5.22. The molecule has 0 radical (unpaired) electrons. The minimum atomic E-state index is 0.119. The first-order chi connectivity index (χ1) is 13.8. The van der Waals surface area contributed by atoms with Gasteiger partial charge in [-0.1, -0.05) is 12.1 Å². The first-order valence-corrected chi connectivity index (χ1v) is 9.74. The molecule has 0 unspecified atom stereocenters. The van der Waals surface area contributed by atoms with Gasteiger partial charge in [0.2, 0.25) is 0 Å². The molecule has 0 fully saturated rings. The highest BCUT2D eigenvalue weighted by Gasteiger charge is 2.13. The number of aromatic amines is 1. The lowest BCUT2D eigenvalue weighted by molar-refractivity contribution is 0.457. The van der Waals surface area contributed by atoms with Gasteiger partial charge in [-0.3, -0.25) is 9.98 Å². The second-order valence-corrected chi connectivity index (χ2v) is 7.39. The van der Waals surface area contributed by atoms with Gasteiger partial charge in [-0.15, -0.1) is 11.3 Å². The molecule has 0 aliphatic heterocycles. The molecule has 0 atom stereocenters. The Morgan fingerprint density at radius 3 is 2.61 bits per heavy atom. The third kappa shape index (κ3) is 3.04. The van der Waals surface area contributed by atoms with Gasteiger partial charge in [-0.25, -0.2) is 4.98 Å². The van der Waals surface area contributed by atoms with Crippen LogP contribution in [0.4, 0.5) is 5.69 Å². The van der Waals surface area contributed by atoms with Crippen LogP contribution in [0.25, 0.3) is 21.1 Å². The Labute approximate surface area is 165 Å². The van der Waals surface area contributed by atoms with E-state index in [0.717, 1.165) is 33.2 Å². The van der Waals surface area contributed by atoms with E-state index in [1.807, 2.05) is 54.3 Å². The van der Waals surface area contributed by atoms with Gasteiger partial charge in [-0.2, -0.15) is 0 Å². The van der Waals surface area contributed by atoms with Crippen LogP contribution in [-0.4, -0.2) is 26.3 Å². The fourth-order valence-electron chi connectivity index (χ4n) is 3.31. The van der Waals surface area contributed by atoms with E-state index < -0.39 is 0 Å². The fraction of sp³-hybridized carbons (Fsp3) is 0.0455. The molecular weight excluding hydrogens is 368 g/mol. The van der Waals surface area contributed by atoms with Crippen molar-refractivity contribution in [2.45, 2.75) is 6.42 Å². The molecule has 0 aliphatic rings. The summed E-state index contributed by atoms with van der Waals surface area (Å²) in [5.41, 5.74) is 7.58. The minimum Gasteiger partial charge on any atom is -0.494 e. The number of pyridine rings is 1. The number of benzene rings is 2. The van der Waals surface area contributed by atoms with Gasteiger partial charge in [-0.05, 0) is 53.9 Å². The zero-order valence-corrected chi connectivity index (χ0v) is 15.6. The van der Waals surface area contributed by atoms with Crippen LogP contribution < -0.4 is 0 Å². The second-order valence-electron chi connectivity index (χ2n) is 6.53. The maximum absolute atomic E-state index is 10.3. The summed E-state index contributed by atoms with van der Waals surface area (Å²) in [5, 5.41) is 11.3. The van der Waals surface area contributed by atoms with E-state index in [9.17, 15) is 5.11 Å². The molecular formula is C22H16N4OS. The minimum absolute atomic E-state index is 0.119. The topological polar surface area (TPSA) is 74.2 Å². The summed E-state index contributed by atoms with van der Waals surface area (Å²) in [5.74, 6) is 0.119. The summed E-state index contributed by atoms with van der Waals surface area (Å²) in [6.07, 6.45) is 6.19. The van der Waals surface area contributed by atoms with Crippen LogP contribution in [0.15, 0.2) is 71.4 Å². The average Bonchev–Trinajstić information content (AvgIpc) is 3.32. The van der Waals surface area contributed by atoms with E-state index in [1.54, 1.807) is 17.6 Å². The predicted molar refractivity (Wildman–Crippen MR) is 114 cm³/mol. The van der Waals surface area contributed by atoms with Crippen molar-refractivity contribution in [2.75, 3.05) is 0 Å². The second kappa shape index (κ2) is 6.90. The number of hydrogen-bond acceptors (Lipinski definition) is 5. The number of thiazole rings is 1. The normalized spacial score (nSPS) is 11.7. The molecule has 0 bridgehead atoms. The Bertz CT molecular complexity index is 1290. The van der Waals surface area contributed by atoms with Gasteiger partial charge in [0.25, 0.3) is 0 Å². The van der Waals surface area contributed by atoms with Gasteiger partial charge in [0, 0.05) is 24.0 Å². The quantitative estimate of drug-likeness (QED) is 0.417. The Balaban J connectivity index is 1.45. The van der Waals surface area contributed by atoms with Crippen LogP contribution in [0, 0.1) is 0 Å². The molecule has 0 saturated heterocycles. The van der Waals surface area contributed by atoms with Crippen LogP contribution >= 0.6 is 11.3 Å². The zero-order chi connectivity index (χ0) is 18.9. The molecule has 28 heavy (non-hydrogen) atoms. The van der Waals surface area contributed by atoms with Crippen LogP contribution in [0.3, 0.4) is 0 Å². The van der Waals surface area contributed by atoms with E-state index in [2.05, 4.69) is 32.1 Å². The fourth-order valence-corrected chi connectivity index (χ4v) is 4.17. The monoisotopic (exact) mass is 384 g/mol. The van der Waals surface area contributed by atoms with Crippen molar-refractivity contribution in [3.05, 3.63) is 83.1 Å². The van der Waals surface area contributed by atoms with Crippen LogP contribution in [0.2, 0.25) is 0 Å². The number of nitrogens with one attached hydrogen (secondary N) is 1. The molecule has 5 nitrogen and oxygen atoms in total. The van der Waals surface area contributed by atoms with Gasteiger partial charge in [0.1, 0.15) is 0 Å². The third-order valence-electron chi connectivity index (χ3n) is 4.71. The van der Waals surface area contributed by atoms with Crippen molar-refractivity contribution in [2.24, 2.45) is 4.99 Å². The number of aliphatic imine (C=N–C) groups is 1. The molecule has 3 heterocycles. The van der Waals surface area contributed by atoms with Crippen molar-refractivity contribution in [3.63, 3.8) is 0 Å². The number of aromatic hydroxyl groups is 1. The summed E-state index contributed by atoms with van der Waals surface area (Å²) in [4.78, 5) is 16.0. The number of rotatable bonds is 4. The largest absolute Gasteiger partial charge is 0.494 e. The maximum Gasteiger partial charge on any atom is 0.198 e. The van der Waals surface area contributed by atoms with E-state index >= 15 is 0 Å². The highest BCUT2D eigenvalue weighted by atomic mass is 32.1. The van der Waals surface area contributed by atoms with E-state index in [0.29, 0.717) is 5.56 Å². The summed E-state index contributed by atoms with van der Waals surface area (Å²) >= 11 is 1.56. The number of fused-ring (bicyclic) bond motifs is 3. The molecule has 6 heteroatoms. The molecule has 3 aromatic heterocycles. The first kappa shape index (κ1) is 16.6. The lowest BCUT2D eigenvalue weighted by Crippen LogP contribution is -1.87. The maximum atomic E-state index is 10.3. The van der Waals surface area contributed by atoms with Gasteiger partial charge >= 0.3 is 0 Å². The smallest absolute Gasteiger partial charge is 0.198 e. The van der Waals surface area contributed by atoms with Crippen molar-refractivity contribution >= 4 is 44.4 Å². The third-order valence-corrected chi connectivity index (χ3v) is 5.57. The molecule has 5 rings (SSSR count). The zero-order valence-electron chi connectivity index (χ0n) is 14.8. The van der Waals surface area contributed by atoms with Crippen molar-refractivity contribution in [1.29, 1.82) is 0 Å². The summed E-state index contributed by atoms with van der Waals surface area (Å²) in [6, 6.07) is 16.0. The van der Waals surface area contributed by atoms with Gasteiger partial charge in [0.05, 0.1) is 32.5 Å². The SMILES string of the molecule is Oc1[nH]c2ccc3ncsc3c2c1C=Nc1ccc(Cc2ccncc2)cc1. The summed E-state index contributed by atoms with van der Waals surface area (Å²) in [7, 11) is 0. The van der Waals surface area contributed by atoms with E-state index in [1.165, 1.54) is 11.1 Å². The van der Waals surface area contributed by atoms with Crippen molar-refractivity contribution in [3.8, 4) is 5.88 Å². The molecule has 2 N–H and O–H groups in total. The Kier molecular flexibility index (Phi) is 4.10. The molecule has 5 aromatic rings. The molecule has 136 valence electrons. The van der Waals surface area contributed by atoms with Gasteiger partial charge < -0.3 is 10.1 Å². The van der Waals surface area contributed by atoms with E-state index in [-0.39, 0.29) is 5.88 Å². The number of aromatic nitrogens is 3. The highest BCUT2D eigenvalue weighted by Crippen LogP contribution is 2.34.